The summed E-state index contributed by atoms with van der Waals surface area (Å²) >= 11 is 6.08. The number of halogens is 1. The van der Waals surface area contributed by atoms with E-state index in [0.717, 1.165) is 5.57 Å². The third kappa shape index (κ3) is 4.06. The van der Waals surface area contributed by atoms with E-state index in [9.17, 15) is 24.3 Å². The molecule has 1 saturated carbocycles. The van der Waals surface area contributed by atoms with Crippen LogP contribution in [0.25, 0.3) is 0 Å². The number of aromatic hydroxyl groups is 1. The lowest BCUT2D eigenvalue weighted by Crippen LogP contribution is -2.48. The fraction of sp³-hybridized carbons (Fsp3) is 0.314. The van der Waals surface area contributed by atoms with Gasteiger partial charge in [0.1, 0.15) is 0 Å². The summed E-state index contributed by atoms with van der Waals surface area (Å²) in [7, 11) is 2.85. The summed E-state index contributed by atoms with van der Waals surface area (Å²) in [5.41, 5.74) is 1.10. The molecule has 1 N–H and O–H groups in total. The van der Waals surface area contributed by atoms with Gasteiger partial charge in [0.05, 0.1) is 48.8 Å². The first-order chi connectivity index (χ1) is 21.6. The molecule has 9 nitrogen and oxygen atoms in total. The van der Waals surface area contributed by atoms with Gasteiger partial charge in [0.15, 0.2) is 11.5 Å². The number of nitrogens with zero attached hydrogens (tertiary/aromatic N) is 2. The second-order valence-corrected chi connectivity index (χ2v) is 12.7. The van der Waals surface area contributed by atoms with Gasteiger partial charge in [-0.1, -0.05) is 41.4 Å². The van der Waals surface area contributed by atoms with Crippen LogP contribution in [-0.4, -0.2) is 43.0 Å². The maximum Gasteiger partial charge on any atom is 0.241 e. The molecule has 0 radical (unpaired) electrons. The van der Waals surface area contributed by atoms with Crippen molar-refractivity contribution in [3.63, 3.8) is 0 Å². The van der Waals surface area contributed by atoms with Gasteiger partial charge in [-0.2, -0.15) is 0 Å². The Balaban J connectivity index is 1.40. The van der Waals surface area contributed by atoms with Gasteiger partial charge >= 0.3 is 0 Å². The number of phenolic OH excluding ortho intramolecular Hbond substituents is 1. The van der Waals surface area contributed by atoms with E-state index in [1.807, 2.05) is 19.1 Å². The van der Waals surface area contributed by atoms with Crippen molar-refractivity contribution in [1.29, 1.82) is 0 Å². The number of phenols is 1. The largest absolute Gasteiger partial charge is 0.502 e. The van der Waals surface area contributed by atoms with Crippen LogP contribution in [0.15, 0.2) is 78.4 Å². The van der Waals surface area contributed by atoms with Crippen molar-refractivity contribution < 1.29 is 33.8 Å². The van der Waals surface area contributed by atoms with Crippen molar-refractivity contribution >= 4 is 46.6 Å². The molecule has 4 aliphatic rings. The molecule has 0 bridgehead atoms. The second-order valence-electron chi connectivity index (χ2n) is 12.3. The number of benzene rings is 3. The minimum atomic E-state index is -1.24. The van der Waals surface area contributed by atoms with Gasteiger partial charge < -0.3 is 14.6 Å². The predicted octanol–water partition coefficient (Wildman–Crippen LogP) is 5.50. The fourth-order valence-electron chi connectivity index (χ4n) is 8.14. The molecule has 45 heavy (non-hydrogen) atoms. The Hall–Kier alpha value is -4.63. The Bertz CT molecular complexity index is 1760. The van der Waals surface area contributed by atoms with Crippen LogP contribution in [0.1, 0.15) is 31.2 Å². The molecular weight excluding hydrogens is 596 g/mol. The molecule has 3 aromatic carbocycles. The van der Waals surface area contributed by atoms with E-state index in [0.29, 0.717) is 28.4 Å². The molecule has 0 aromatic heterocycles. The number of ether oxygens (including phenoxy) is 2. The van der Waals surface area contributed by atoms with Crippen LogP contribution >= 0.6 is 11.6 Å². The molecule has 2 aliphatic heterocycles. The molecule has 3 aromatic rings. The first-order valence-electron chi connectivity index (χ1n) is 14.8. The van der Waals surface area contributed by atoms with Gasteiger partial charge in [-0.25, -0.2) is 4.90 Å². The number of para-hydroxylation sites is 1. The summed E-state index contributed by atoms with van der Waals surface area (Å²) in [4.78, 5) is 59.3. The summed E-state index contributed by atoms with van der Waals surface area (Å²) in [6, 6.07) is 18.7. The summed E-state index contributed by atoms with van der Waals surface area (Å²) in [6.07, 6.45) is 2.51. The normalized spacial score (nSPS) is 28.9. The molecule has 230 valence electrons. The summed E-state index contributed by atoms with van der Waals surface area (Å²) in [5.74, 6) is -4.47. The van der Waals surface area contributed by atoms with E-state index >= 15 is 0 Å². The molecule has 0 unspecified atom stereocenters. The van der Waals surface area contributed by atoms with Gasteiger partial charge in [0.2, 0.25) is 29.4 Å². The maximum atomic E-state index is 14.5. The first-order valence-corrected chi connectivity index (χ1v) is 15.2. The standard InChI is InChI=1S/C35H31ClN2O7/c1-35-25(32(41)38(34(35)43)20-7-5-4-6-8-20)17-24-22(29(35)18-15-26(44-2)30(39)27(16-18)45-3)13-14-23-28(24)33(42)37(31(23)40)21-11-9-19(36)10-12-21/h4-13,15-16,23-25,28-29,39H,14,17H2,1-3H3/t23-,24+,25-,28-,29-,35+/m0/s1. The number of anilines is 2. The third-order valence-corrected chi connectivity index (χ3v) is 10.5. The number of hydrogen-bond acceptors (Lipinski definition) is 7. The molecule has 7 rings (SSSR count). The zero-order valence-electron chi connectivity index (χ0n) is 24.9. The van der Waals surface area contributed by atoms with Crippen molar-refractivity contribution in [3.8, 4) is 17.2 Å². The molecular formula is C35H31ClN2O7. The van der Waals surface area contributed by atoms with Crippen LogP contribution in [0, 0.1) is 29.1 Å². The first kappa shape index (κ1) is 29.1. The van der Waals surface area contributed by atoms with E-state index in [-0.39, 0.29) is 47.3 Å². The molecule has 0 spiro atoms. The van der Waals surface area contributed by atoms with Gasteiger partial charge in [-0.3, -0.25) is 24.1 Å². The average molecular weight is 627 g/mol. The Morgan fingerprint density at radius 3 is 2.07 bits per heavy atom. The number of amides is 4. The number of hydrogen-bond donors (Lipinski definition) is 1. The Labute approximate surface area is 265 Å². The van der Waals surface area contributed by atoms with E-state index in [1.54, 1.807) is 60.7 Å². The van der Waals surface area contributed by atoms with Crippen molar-refractivity contribution in [1.82, 2.24) is 0 Å². The van der Waals surface area contributed by atoms with Crippen LogP contribution in [0.4, 0.5) is 11.4 Å². The third-order valence-electron chi connectivity index (χ3n) is 10.2. The minimum absolute atomic E-state index is 0.152. The monoisotopic (exact) mass is 626 g/mol. The van der Waals surface area contributed by atoms with E-state index in [2.05, 4.69) is 0 Å². The SMILES string of the molecule is COc1cc([C@H]2C3=CC[C@@H]4C(=O)N(c5ccc(Cl)cc5)C(=O)[C@@H]4[C@@H]3C[C@H]3C(=O)N(c4ccccc4)C(=O)[C@@]23C)cc(OC)c1O. The molecule has 2 heterocycles. The maximum absolute atomic E-state index is 14.5. The van der Waals surface area contributed by atoms with Crippen molar-refractivity contribution in [3.05, 3.63) is 89.0 Å². The minimum Gasteiger partial charge on any atom is -0.502 e. The molecule has 3 fully saturated rings. The zero-order chi connectivity index (χ0) is 31.8. The number of rotatable bonds is 5. The zero-order valence-corrected chi connectivity index (χ0v) is 25.7. The fourth-order valence-corrected chi connectivity index (χ4v) is 8.27. The molecule has 6 atom stereocenters. The number of imide groups is 2. The van der Waals surface area contributed by atoms with Crippen LogP contribution in [0.2, 0.25) is 5.02 Å². The van der Waals surface area contributed by atoms with Crippen LogP contribution in [-0.2, 0) is 19.2 Å². The highest BCUT2D eigenvalue weighted by Crippen LogP contribution is 2.64. The number of carbonyl (C=O) groups excluding carboxylic acids is 4. The molecule has 2 saturated heterocycles. The van der Waals surface area contributed by atoms with Crippen LogP contribution in [0.3, 0.4) is 0 Å². The quantitative estimate of drug-likeness (QED) is 0.294. The number of fused-ring (bicyclic) bond motifs is 4. The lowest BCUT2D eigenvalue weighted by molar-refractivity contribution is -0.131. The lowest BCUT2D eigenvalue weighted by Gasteiger charge is -2.49. The Morgan fingerprint density at radius 1 is 0.822 bits per heavy atom. The highest BCUT2D eigenvalue weighted by molar-refractivity contribution is 6.31. The number of methoxy groups -OCH3 is 2. The highest BCUT2D eigenvalue weighted by Gasteiger charge is 2.67. The molecule has 2 aliphatic carbocycles. The number of allylic oxidation sites excluding steroid dienone is 2. The van der Waals surface area contributed by atoms with Crippen molar-refractivity contribution in [2.24, 2.45) is 29.1 Å². The van der Waals surface area contributed by atoms with Crippen molar-refractivity contribution in [2.45, 2.75) is 25.7 Å². The van der Waals surface area contributed by atoms with Gasteiger partial charge in [0, 0.05) is 10.9 Å². The lowest BCUT2D eigenvalue weighted by atomic mass is 9.51. The van der Waals surface area contributed by atoms with Crippen LogP contribution < -0.4 is 19.3 Å². The average Bonchev–Trinajstić information content (AvgIpc) is 3.41. The molecule has 4 amide bonds. The van der Waals surface area contributed by atoms with Crippen LogP contribution in [0.5, 0.6) is 17.2 Å². The van der Waals surface area contributed by atoms with Gasteiger partial charge in [0.25, 0.3) is 0 Å². The topological polar surface area (TPSA) is 113 Å². The predicted molar refractivity (Wildman–Crippen MR) is 166 cm³/mol. The van der Waals surface area contributed by atoms with E-state index in [4.69, 9.17) is 21.1 Å². The highest BCUT2D eigenvalue weighted by atomic mass is 35.5. The van der Waals surface area contributed by atoms with E-state index < -0.39 is 35.0 Å². The smallest absolute Gasteiger partial charge is 0.241 e. The van der Waals surface area contributed by atoms with Crippen molar-refractivity contribution in [2.75, 3.05) is 24.0 Å². The summed E-state index contributed by atoms with van der Waals surface area (Å²) in [5, 5.41) is 11.2. The summed E-state index contributed by atoms with van der Waals surface area (Å²) < 4.78 is 11.0. The Kier molecular flexibility index (Phi) is 6.78. The number of carbonyl (C=O) groups is 4. The Morgan fingerprint density at radius 2 is 1.44 bits per heavy atom. The van der Waals surface area contributed by atoms with E-state index in [1.165, 1.54) is 24.0 Å². The van der Waals surface area contributed by atoms with Gasteiger partial charge in [-0.15, -0.1) is 0 Å². The van der Waals surface area contributed by atoms with Gasteiger partial charge in [-0.05, 0) is 79.8 Å². The second kappa shape index (κ2) is 10.5. The summed E-state index contributed by atoms with van der Waals surface area (Å²) in [6.45, 7) is 1.81. The molecule has 10 heteroatoms.